The molecule has 0 fully saturated rings. The molecule has 0 aliphatic heterocycles. The van der Waals surface area contributed by atoms with Crippen LogP contribution in [0.15, 0.2) is 18.2 Å². The Kier molecular flexibility index (Phi) is 6.21. The van der Waals surface area contributed by atoms with Gasteiger partial charge in [0.2, 0.25) is 5.91 Å². The van der Waals surface area contributed by atoms with E-state index in [2.05, 4.69) is 10.6 Å². The highest BCUT2D eigenvalue weighted by Gasteiger charge is 2.17. The van der Waals surface area contributed by atoms with E-state index in [-0.39, 0.29) is 11.8 Å². The van der Waals surface area contributed by atoms with Crippen LogP contribution in [0.5, 0.6) is 0 Å². The van der Waals surface area contributed by atoms with Gasteiger partial charge in [0.1, 0.15) is 6.04 Å². The molecule has 1 rings (SSSR count). The molecule has 116 valence electrons. The van der Waals surface area contributed by atoms with Crippen LogP contribution in [0.1, 0.15) is 31.9 Å². The van der Waals surface area contributed by atoms with Crippen molar-refractivity contribution in [2.45, 2.75) is 40.7 Å². The van der Waals surface area contributed by atoms with E-state index in [1.54, 1.807) is 6.92 Å². The second kappa shape index (κ2) is 7.67. The molecule has 2 N–H and O–H groups in total. The number of amides is 2. The molecule has 0 saturated heterocycles. The number of anilines is 1. The first-order chi connectivity index (χ1) is 9.79. The Morgan fingerprint density at radius 2 is 1.86 bits per heavy atom. The average molecular weight is 292 g/mol. The van der Waals surface area contributed by atoms with E-state index >= 15 is 0 Å². The van der Waals surface area contributed by atoms with E-state index < -0.39 is 12.1 Å². The number of aryl methyl sites for hydroxylation is 2. The number of carbonyl (C=O) groups excluding carboxylic acids is 2. The van der Waals surface area contributed by atoms with Gasteiger partial charge in [0.15, 0.2) is 0 Å². The third-order valence-corrected chi connectivity index (χ3v) is 2.92. The third-order valence-electron chi connectivity index (χ3n) is 2.92. The predicted octanol–water partition coefficient (Wildman–Crippen LogP) is 3.01. The summed E-state index contributed by atoms with van der Waals surface area (Å²) in [4.78, 5) is 23.6. The molecule has 0 spiro atoms. The fourth-order valence-electron chi connectivity index (χ4n) is 1.72. The number of hydrogen-bond donors (Lipinski definition) is 2. The van der Waals surface area contributed by atoms with Gasteiger partial charge in [-0.3, -0.25) is 4.79 Å². The van der Waals surface area contributed by atoms with Crippen molar-refractivity contribution in [3.8, 4) is 0 Å². The molecular formula is C16H24N2O3. The highest BCUT2D eigenvalue weighted by Crippen LogP contribution is 2.16. The van der Waals surface area contributed by atoms with Crippen LogP contribution in [-0.4, -0.2) is 24.6 Å². The molecule has 0 aliphatic rings. The molecule has 0 aliphatic carbocycles. The van der Waals surface area contributed by atoms with Crippen molar-refractivity contribution >= 4 is 17.7 Å². The first kappa shape index (κ1) is 17.0. The number of hydrogen-bond acceptors (Lipinski definition) is 3. The lowest BCUT2D eigenvalue weighted by molar-refractivity contribution is -0.117. The zero-order valence-electron chi connectivity index (χ0n) is 13.3. The molecule has 0 radical (unpaired) electrons. The van der Waals surface area contributed by atoms with Gasteiger partial charge in [-0.05, 0) is 38.3 Å². The van der Waals surface area contributed by atoms with E-state index in [0.29, 0.717) is 6.61 Å². The van der Waals surface area contributed by atoms with Crippen molar-refractivity contribution in [3.63, 3.8) is 0 Å². The summed E-state index contributed by atoms with van der Waals surface area (Å²) in [5, 5.41) is 5.31. The maximum atomic E-state index is 12.0. The van der Waals surface area contributed by atoms with Crippen molar-refractivity contribution in [2.75, 3.05) is 11.9 Å². The van der Waals surface area contributed by atoms with E-state index in [4.69, 9.17) is 4.74 Å². The normalized spacial score (nSPS) is 11.9. The molecule has 1 aromatic carbocycles. The van der Waals surface area contributed by atoms with Crippen LogP contribution >= 0.6 is 0 Å². The lowest BCUT2D eigenvalue weighted by atomic mass is 10.1. The van der Waals surface area contributed by atoms with Gasteiger partial charge < -0.3 is 15.4 Å². The standard InChI is InChI=1S/C16H24N2O3/c1-10(2)9-21-16(20)17-13(5)15(19)18-14-7-6-11(3)8-12(14)4/h6-8,10,13H,9H2,1-5H3,(H,17,20)(H,18,19). The molecule has 0 saturated carbocycles. The Bertz CT molecular complexity index is 512. The first-order valence-electron chi connectivity index (χ1n) is 7.11. The lowest BCUT2D eigenvalue weighted by Crippen LogP contribution is -2.42. The van der Waals surface area contributed by atoms with Gasteiger partial charge in [-0.1, -0.05) is 31.5 Å². The molecule has 0 heterocycles. The Hall–Kier alpha value is -2.04. The van der Waals surface area contributed by atoms with Crippen LogP contribution in [0.25, 0.3) is 0 Å². The summed E-state index contributed by atoms with van der Waals surface area (Å²) in [6, 6.07) is 5.11. The fourth-order valence-corrected chi connectivity index (χ4v) is 1.72. The summed E-state index contributed by atoms with van der Waals surface area (Å²) in [5.74, 6) is -0.0152. The average Bonchev–Trinajstić information content (AvgIpc) is 2.39. The molecule has 0 aromatic heterocycles. The smallest absolute Gasteiger partial charge is 0.407 e. The first-order valence-corrected chi connectivity index (χ1v) is 7.11. The molecule has 2 amide bonds. The third kappa shape index (κ3) is 5.85. The molecule has 5 heteroatoms. The molecular weight excluding hydrogens is 268 g/mol. The van der Waals surface area contributed by atoms with Crippen molar-refractivity contribution in [1.29, 1.82) is 0 Å². The van der Waals surface area contributed by atoms with Crippen molar-refractivity contribution in [2.24, 2.45) is 5.92 Å². The van der Waals surface area contributed by atoms with E-state index in [1.165, 1.54) is 0 Å². The van der Waals surface area contributed by atoms with E-state index in [0.717, 1.165) is 16.8 Å². The van der Waals surface area contributed by atoms with Crippen molar-refractivity contribution in [1.82, 2.24) is 5.32 Å². The summed E-state index contributed by atoms with van der Waals surface area (Å²) in [5.41, 5.74) is 2.86. The minimum atomic E-state index is -0.662. The number of ether oxygens (including phenoxy) is 1. The summed E-state index contributed by atoms with van der Waals surface area (Å²) >= 11 is 0. The minimum absolute atomic E-state index is 0.259. The van der Waals surface area contributed by atoms with Gasteiger partial charge in [-0.15, -0.1) is 0 Å². The Balaban J connectivity index is 2.52. The second-order valence-corrected chi connectivity index (χ2v) is 5.67. The van der Waals surface area contributed by atoms with Crippen molar-refractivity contribution in [3.05, 3.63) is 29.3 Å². The molecule has 1 unspecified atom stereocenters. The predicted molar refractivity (Wildman–Crippen MR) is 83.3 cm³/mol. The maximum Gasteiger partial charge on any atom is 0.407 e. The Labute approximate surface area is 126 Å². The SMILES string of the molecule is Cc1ccc(NC(=O)C(C)NC(=O)OCC(C)C)c(C)c1. The number of carbonyl (C=O) groups is 2. The van der Waals surface area contributed by atoms with Crippen LogP contribution in [0.2, 0.25) is 0 Å². The largest absolute Gasteiger partial charge is 0.449 e. The highest BCUT2D eigenvalue weighted by atomic mass is 16.5. The Morgan fingerprint density at radius 3 is 2.43 bits per heavy atom. The molecule has 5 nitrogen and oxygen atoms in total. The van der Waals surface area contributed by atoms with Gasteiger partial charge in [0.05, 0.1) is 6.61 Å². The summed E-state index contributed by atoms with van der Waals surface area (Å²) < 4.78 is 4.98. The summed E-state index contributed by atoms with van der Waals surface area (Å²) in [6.45, 7) is 9.77. The van der Waals surface area contributed by atoms with E-state index in [9.17, 15) is 9.59 Å². The molecule has 21 heavy (non-hydrogen) atoms. The number of rotatable bonds is 5. The van der Waals surface area contributed by atoms with Gasteiger partial charge in [0.25, 0.3) is 0 Å². The fraction of sp³-hybridized carbons (Fsp3) is 0.500. The summed E-state index contributed by atoms with van der Waals surface area (Å²) in [7, 11) is 0. The molecule has 1 atom stereocenters. The number of alkyl carbamates (subject to hydrolysis) is 1. The van der Waals surface area contributed by atoms with Crippen LogP contribution in [-0.2, 0) is 9.53 Å². The van der Waals surface area contributed by atoms with E-state index in [1.807, 2.05) is 45.9 Å². The van der Waals surface area contributed by atoms with Crippen LogP contribution in [0, 0.1) is 19.8 Å². The number of nitrogens with one attached hydrogen (secondary N) is 2. The van der Waals surface area contributed by atoms with Crippen LogP contribution in [0.3, 0.4) is 0 Å². The topological polar surface area (TPSA) is 67.4 Å². The van der Waals surface area contributed by atoms with Crippen LogP contribution in [0.4, 0.5) is 10.5 Å². The molecule has 1 aromatic rings. The monoisotopic (exact) mass is 292 g/mol. The van der Waals surface area contributed by atoms with Crippen LogP contribution < -0.4 is 10.6 Å². The zero-order valence-corrected chi connectivity index (χ0v) is 13.3. The zero-order chi connectivity index (χ0) is 16.0. The number of benzene rings is 1. The lowest BCUT2D eigenvalue weighted by Gasteiger charge is -2.16. The highest BCUT2D eigenvalue weighted by molar-refractivity contribution is 5.96. The quantitative estimate of drug-likeness (QED) is 0.876. The van der Waals surface area contributed by atoms with Gasteiger partial charge in [-0.2, -0.15) is 0 Å². The minimum Gasteiger partial charge on any atom is -0.449 e. The Morgan fingerprint density at radius 1 is 1.19 bits per heavy atom. The van der Waals surface area contributed by atoms with Gasteiger partial charge in [-0.25, -0.2) is 4.79 Å². The van der Waals surface area contributed by atoms with Crippen molar-refractivity contribution < 1.29 is 14.3 Å². The van der Waals surface area contributed by atoms with Gasteiger partial charge >= 0.3 is 6.09 Å². The summed E-state index contributed by atoms with van der Waals surface area (Å²) in [6.07, 6.45) is -0.577. The maximum absolute atomic E-state index is 12.0. The second-order valence-electron chi connectivity index (χ2n) is 5.67. The molecule has 0 bridgehead atoms. The van der Waals surface area contributed by atoms with Gasteiger partial charge in [0, 0.05) is 5.69 Å².